The molecule has 0 spiro atoms. The minimum absolute atomic E-state index is 0.264. The highest BCUT2D eigenvalue weighted by atomic mass is 32.1. The Balaban J connectivity index is 2.10. The lowest BCUT2D eigenvalue weighted by Gasteiger charge is -2.12. The zero-order chi connectivity index (χ0) is 15.9. The Hall–Kier alpha value is -2.40. The summed E-state index contributed by atoms with van der Waals surface area (Å²) in [5.41, 5.74) is 3.84. The maximum atomic E-state index is 12.4. The molecule has 3 rings (SSSR count). The van der Waals surface area contributed by atoms with Crippen LogP contribution in [0.4, 0.5) is 5.69 Å². The summed E-state index contributed by atoms with van der Waals surface area (Å²) in [5, 5.41) is 5.07. The van der Waals surface area contributed by atoms with Crippen molar-refractivity contribution in [2.45, 2.75) is 13.8 Å². The summed E-state index contributed by atoms with van der Waals surface area (Å²) in [4.78, 5) is 26.7. The number of carbonyl (C=O) groups excluding carboxylic acids is 2. The van der Waals surface area contributed by atoms with Gasteiger partial charge < -0.3 is 5.32 Å². The fourth-order valence-corrected chi connectivity index (χ4v) is 3.20. The minimum atomic E-state index is -0.297. The van der Waals surface area contributed by atoms with E-state index in [1.165, 1.54) is 18.4 Å². The molecule has 1 N–H and O–H groups in total. The molecule has 4 nitrogen and oxygen atoms in total. The molecule has 2 heterocycles. The number of benzene rings is 1. The van der Waals surface area contributed by atoms with Crippen LogP contribution in [0.1, 0.15) is 16.0 Å². The number of anilines is 1. The van der Waals surface area contributed by atoms with Gasteiger partial charge in [-0.05, 0) is 42.5 Å². The van der Waals surface area contributed by atoms with Crippen molar-refractivity contribution in [1.29, 1.82) is 0 Å². The molecule has 0 radical (unpaired) electrons. The van der Waals surface area contributed by atoms with Gasteiger partial charge in [-0.2, -0.15) is 0 Å². The van der Waals surface area contributed by atoms with Gasteiger partial charge in [0.1, 0.15) is 5.70 Å². The van der Waals surface area contributed by atoms with Crippen LogP contribution in [0.5, 0.6) is 0 Å². The predicted octanol–water partition coefficient (Wildman–Crippen LogP) is 3.19. The number of aryl methyl sites for hydroxylation is 1. The summed E-state index contributed by atoms with van der Waals surface area (Å²) in [5.74, 6) is -0.561. The maximum Gasteiger partial charge on any atom is 0.277 e. The van der Waals surface area contributed by atoms with E-state index in [4.69, 9.17) is 0 Å². The highest BCUT2D eigenvalue weighted by Crippen LogP contribution is 2.32. The van der Waals surface area contributed by atoms with E-state index in [0.717, 1.165) is 26.6 Å². The van der Waals surface area contributed by atoms with Gasteiger partial charge in [-0.1, -0.05) is 18.2 Å². The average Bonchev–Trinajstić information content (AvgIpc) is 3.08. The maximum absolute atomic E-state index is 12.4. The first-order valence-corrected chi connectivity index (χ1v) is 7.82. The van der Waals surface area contributed by atoms with E-state index in [9.17, 15) is 9.59 Å². The molecule has 2 aromatic rings. The largest absolute Gasteiger partial charge is 0.350 e. The Morgan fingerprint density at radius 1 is 1.05 bits per heavy atom. The number of imide groups is 1. The predicted molar refractivity (Wildman–Crippen MR) is 88.6 cm³/mol. The quantitative estimate of drug-likeness (QED) is 0.886. The molecule has 0 atom stereocenters. The first-order chi connectivity index (χ1) is 10.5. The van der Waals surface area contributed by atoms with Crippen molar-refractivity contribution < 1.29 is 9.59 Å². The van der Waals surface area contributed by atoms with E-state index in [1.807, 2.05) is 49.6 Å². The first-order valence-electron chi connectivity index (χ1n) is 6.94. The van der Waals surface area contributed by atoms with Crippen LogP contribution in [-0.2, 0) is 9.59 Å². The zero-order valence-electron chi connectivity index (χ0n) is 12.6. The summed E-state index contributed by atoms with van der Waals surface area (Å²) in [7, 11) is 1.51. The number of likely N-dealkylation sites (N-methyl/N-ethyl adjacent to an activating group) is 1. The van der Waals surface area contributed by atoms with Crippen LogP contribution >= 0.6 is 11.3 Å². The van der Waals surface area contributed by atoms with Gasteiger partial charge >= 0.3 is 0 Å². The Morgan fingerprint density at radius 2 is 1.82 bits per heavy atom. The van der Waals surface area contributed by atoms with Crippen molar-refractivity contribution in [2.24, 2.45) is 0 Å². The number of hydrogen-bond donors (Lipinski definition) is 1. The molecule has 5 heteroatoms. The number of amides is 2. The molecule has 0 bridgehead atoms. The number of hydrogen-bond acceptors (Lipinski definition) is 4. The van der Waals surface area contributed by atoms with Gasteiger partial charge in [-0.25, -0.2) is 0 Å². The van der Waals surface area contributed by atoms with Gasteiger partial charge in [0.05, 0.1) is 5.57 Å². The second kappa shape index (κ2) is 5.42. The lowest BCUT2D eigenvalue weighted by Crippen LogP contribution is -2.27. The molecular weight excluding hydrogens is 296 g/mol. The van der Waals surface area contributed by atoms with E-state index in [-0.39, 0.29) is 11.8 Å². The van der Waals surface area contributed by atoms with Crippen molar-refractivity contribution >= 4 is 34.4 Å². The van der Waals surface area contributed by atoms with E-state index >= 15 is 0 Å². The standard InChI is InChI=1S/C17H16N2O2S/c1-10-6-4-7-12(11(10)2)18-15-14(13-8-5-9-22-13)16(20)19(3)17(15)21/h4-9,18H,1-3H3. The van der Waals surface area contributed by atoms with Crippen LogP contribution in [0, 0.1) is 13.8 Å². The summed E-state index contributed by atoms with van der Waals surface area (Å²) >= 11 is 1.45. The van der Waals surface area contributed by atoms with E-state index < -0.39 is 0 Å². The Kier molecular flexibility index (Phi) is 3.58. The minimum Gasteiger partial charge on any atom is -0.350 e. The van der Waals surface area contributed by atoms with Gasteiger partial charge in [0.15, 0.2) is 0 Å². The summed E-state index contributed by atoms with van der Waals surface area (Å²) < 4.78 is 0. The van der Waals surface area contributed by atoms with Crippen molar-refractivity contribution in [1.82, 2.24) is 4.90 Å². The first kappa shape index (κ1) is 14.5. The third kappa shape index (κ3) is 2.23. The lowest BCUT2D eigenvalue weighted by atomic mass is 10.1. The van der Waals surface area contributed by atoms with Crippen LogP contribution in [0.15, 0.2) is 41.4 Å². The fourth-order valence-electron chi connectivity index (χ4n) is 2.43. The topological polar surface area (TPSA) is 49.4 Å². The molecule has 2 amide bonds. The van der Waals surface area contributed by atoms with Crippen LogP contribution in [0.2, 0.25) is 0 Å². The molecule has 1 aromatic carbocycles. The monoisotopic (exact) mass is 312 g/mol. The van der Waals surface area contributed by atoms with Crippen molar-refractivity contribution in [3.63, 3.8) is 0 Å². The van der Waals surface area contributed by atoms with Crippen LogP contribution in [0.25, 0.3) is 5.57 Å². The second-order valence-corrected chi connectivity index (χ2v) is 6.22. The number of nitrogens with one attached hydrogen (secondary N) is 1. The zero-order valence-corrected chi connectivity index (χ0v) is 13.5. The molecule has 0 unspecified atom stereocenters. The summed E-state index contributed by atoms with van der Waals surface area (Å²) in [6.45, 7) is 4.01. The van der Waals surface area contributed by atoms with Gasteiger partial charge in [0.25, 0.3) is 11.8 Å². The molecule has 112 valence electrons. The molecule has 0 saturated carbocycles. The number of rotatable bonds is 3. The molecule has 0 fully saturated rings. The fraction of sp³-hybridized carbons (Fsp3) is 0.176. The third-order valence-corrected chi connectivity index (χ3v) is 4.81. The molecule has 1 aromatic heterocycles. The van der Waals surface area contributed by atoms with Crippen LogP contribution in [-0.4, -0.2) is 23.8 Å². The van der Waals surface area contributed by atoms with Gasteiger partial charge in [-0.15, -0.1) is 11.3 Å². The van der Waals surface area contributed by atoms with E-state index in [0.29, 0.717) is 11.3 Å². The highest BCUT2D eigenvalue weighted by molar-refractivity contribution is 7.11. The SMILES string of the molecule is Cc1cccc(NC2=C(c3cccs3)C(=O)N(C)C2=O)c1C. The third-order valence-electron chi connectivity index (χ3n) is 3.92. The van der Waals surface area contributed by atoms with Gasteiger partial charge in [0.2, 0.25) is 0 Å². The van der Waals surface area contributed by atoms with E-state index in [1.54, 1.807) is 0 Å². The summed E-state index contributed by atoms with van der Waals surface area (Å²) in [6, 6.07) is 9.59. The molecule has 22 heavy (non-hydrogen) atoms. The Morgan fingerprint density at radius 3 is 2.50 bits per heavy atom. The summed E-state index contributed by atoms with van der Waals surface area (Å²) in [6.07, 6.45) is 0. The normalized spacial score (nSPS) is 15.0. The molecule has 0 aliphatic carbocycles. The van der Waals surface area contributed by atoms with Crippen molar-refractivity contribution in [2.75, 3.05) is 12.4 Å². The molecule has 0 saturated heterocycles. The van der Waals surface area contributed by atoms with Crippen molar-refractivity contribution in [3.05, 3.63) is 57.4 Å². The number of thiophene rings is 1. The van der Waals surface area contributed by atoms with Crippen LogP contribution < -0.4 is 5.32 Å². The molecular formula is C17H16N2O2S. The van der Waals surface area contributed by atoms with Gasteiger partial charge in [-0.3, -0.25) is 14.5 Å². The van der Waals surface area contributed by atoms with Crippen LogP contribution in [0.3, 0.4) is 0 Å². The smallest absolute Gasteiger partial charge is 0.277 e. The molecule has 1 aliphatic heterocycles. The Bertz CT molecular complexity index is 791. The van der Waals surface area contributed by atoms with E-state index in [2.05, 4.69) is 5.32 Å². The van der Waals surface area contributed by atoms with Crippen molar-refractivity contribution in [3.8, 4) is 0 Å². The number of nitrogens with zero attached hydrogens (tertiary/aromatic N) is 1. The second-order valence-electron chi connectivity index (χ2n) is 5.27. The number of carbonyl (C=O) groups is 2. The molecule has 1 aliphatic rings. The van der Waals surface area contributed by atoms with Gasteiger partial charge in [0, 0.05) is 17.6 Å². The highest BCUT2D eigenvalue weighted by Gasteiger charge is 2.37. The lowest BCUT2D eigenvalue weighted by molar-refractivity contribution is -0.135. The average molecular weight is 312 g/mol. The Labute approximate surface area is 133 Å².